The largest absolute Gasteiger partial charge is 0.324 e. The minimum Gasteiger partial charge on any atom is -0.324 e. The Balaban J connectivity index is 1.68. The molecule has 0 fully saturated rings. The second-order valence-corrected chi connectivity index (χ2v) is 9.46. The summed E-state index contributed by atoms with van der Waals surface area (Å²) in [5.41, 5.74) is 2.31. The number of benzene rings is 2. The fourth-order valence-corrected chi connectivity index (χ4v) is 5.24. The van der Waals surface area contributed by atoms with E-state index >= 15 is 0 Å². The summed E-state index contributed by atoms with van der Waals surface area (Å²) in [7, 11) is 0. The summed E-state index contributed by atoms with van der Waals surface area (Å²) in [5.74, 6) is -0.0368. The van der Waals surface area contributed by atoms with Gasteiger partial charge in [-0.3, -0.25) is 9.59 Å². The van der Waals surface area contributed by atoms with Crippen molar-refractivity contribution in [1.82, 2.24) is 0 Å². The van der Waals surface area contributed by atoms with E-state index in [2.05, 4.69) is 18.3 Å². The van der Waals surface area contributed by atoms with E-state index < -0.39 is 0 Å². The second kappa shape index (κ2) is 7.00. The van der Waals surface area contributed by atoms with E-state index in [1.165, 1.54) is 11.8 Å². The number of hydrogen-bond acceptors (Lipinski definition) is 4. The smallest absolute Gasteiger partial charge is 0.258 e. The molecule has 2 aromatic rings. The number of rotatable bonds is 1. The maximum absolute atomic E-state index is 13.3. The lowest BCUT2D eigenvalue weighted by molar-refractivity contribution is -0.115. The van der Waals surface area contributed by atoms with Crippen LogP contribution in [0.25, 0.3) is 0 Å². The van der Waals surface area contributed by atoms with Gasteiger partial charge in [0, 0.05) is 27.1 Å². The quantitative estimate of drug-likeness (QED) is 0.777. The molecule has 0 aromatic heterocycles. The molecule has 2 atom stereocenters. The molecule has 2 aliphatic rings. The van der Waals surface area contributed by atoms with Crippen LogP contribution in [0.4, 0.5) is 11.4 Å². The maximum Gasteiger partial charge on any atom is 0.258 e. The van der Waals surface area contributed by atoms with Gasteiger partial charge in [-0.15, -0.1) is 23.5 Å². The summed E-state index contributed by atoms with van der Waals surface area (Å²) in [5, 5.41) is 3.27. The standard InChI is InChI=1S/C20H20N2O2S2/c1-12-9-10-22(16-5-3-4-6-18(16)25-12)20(24)14-7-8-17-15(11-14)21-19(23)13(2)26-17/h3-8,11-13H,9-10H2,1-2H3,(H,21,23). The van der Waals surface area contributed by atoms with Crippen molar-refractivity contribution in [2.75, 3.05) is 16.8 Å². The minimum atomic E-state index is -0.111. The first-order valence-corrected chi connectivity index (χ1v) is 10.5. The Kier molecular flexibility index (Phi) is 4.71. The Morgan fingerprint density at radius 2 is 1.92 bits per heavy atom. The third-order valence-corrected chi connectivity index (χ3v) is 7.06. The molecular weight excluding hydrogens is 364 g/mol. The van der Waals surface area contributed by atoms with Crippen LogP contribution in [0.2, 0.25) is 0 Å². The lowest BCUT2D eigenvalue weighted by Crippen LogP contribution is -2.32. The van der Waals surface area contributed by atoms with Crippen molar-refractivity contribution in [2.45, 2.75) is 40.6 Å². The lowest BCUT2D eigenvalue weighted by Gasteiger charge is -2.25. The molecule has 0 radical (unpaired) electrons. The Bertz CT molecular complexity index is 884. The molecule has 2 amide bonds. The van der Waals surface area contributed by atoms with Crippen molar-refractivity contribution in [2.24, 2.45) is 0 Å². The van der Waals surface area contributed by atoms with Gasteiger partial charge in [-0.25, -0.2) is 0 Å². The van der Waals surface area contributed by atoms with Crippen molar-refractivity contribution in [1.29, 1.82) is 0 Å². The second-order valence-electron chi connectivity index (χ2n) is 6.60. The van der Waals surface area contributed by atoms with E-state index in [1.54, 1.807) is 6.07 Å². The van der Waals surface area contributed by atoms with Crippen LogP contribution in [0.15, 0.2) is 52.3 Å². The number of thioether (sulfide) groups is 2. The third kappa shape index (κ3) is 3.23. The normalized spacial score (nSPS) is 22.1. The molecule has 0 bridgehead atoms. The fourth-order valence-electron chi connectivity index (χ4n) is 3.20. The van der Waals surface area contributed by atoms with E-state index in [4.69, 9.17) is 0 Å². The summed E-state index contributed by atoms with van der Waals surface area (Å²) in [6.45, 7) is 4.77. The zero-order valence-corrected chi connectivity index (χ0v) is 16.3. The van der Waals surface area contributed by atoms with Crippen molar-refractivity contribution in [3.8, 4) is 0 Å². The van der Waals surface area contributed by atoms with Gasteiger partial charge in [0.2, 0.25) is 5.91 Å². The SMILES string of the molecule is CC1CCN(C(=O)c2ccc3c(c2)NC(=O)C(C)S3)c2ccccc2S1. The Morgan fingerprint density at radius 3 is 2.77 bits per heavy atom. The third-order valence-electron chi connectivity index (χ3n) is 4.65. The molecule has 6 heteroatoms. The van der Waals surface area contributed by atoms with E-state index in [0.29, 0.717) is 17.4 Å². The van der Waals surface area contributed by atoms with Crippen molar-refractivity contribution in [3.05, 3.63) is 48.0 Å². The number of carbonyl (C=O) groups is 2. The molecule has 0 spiro atoms. The molecule has 0 aliphatic carbocycles. The molecular formula is C20H20N2O2S2. The van der Waals surface area contributed by atoms with Crippen LogP contribution in [-0.2, 0) is 4.79 Å². The number of para-hydroxylation sites is 1. The summed E-state index contributed by atoms with van der Waals surface area (Å²) >= 11 is 3.35. The minimum absolute atomic E-state index is 0.0163. The van der Waals surface area contributed by atoms with Gasteiger partial charge in [-0.2, -0.15) is 0 Å². The van der Waals surface area contributed by atoms with Gasteiger partial charge in [0.05, 0.1) is 16.6 Å². The molecule has 4 rings (SSSR count). The van der Waals surface area contributed by atoms with Crippen molar-refractivity contribution >= 4 is 46.7 Å². The summed E-state index contributed by atoms with van der Waals surface area (Å²) < 4.78 is 0. The Labute approximate surface area is 161 Å². The molecule has 0 saturated carbocycles. The van der Waals surface area contributed by atoms with Crippen LogP contribution in [-0.4, -0.2) is 28.9 Å². The first-order chi connectivity index (χ1) is 12.5. The molecule has 134 valence electrons. The van der Waals surface area contributed by atoms with Gasteiger partial charge < -0.3 is 10.2 Å². The van der Waals surface area contributed by atoms with E-state index in [9.17, 15) is 9.59 Å². The Hall–Kier alpha value is -1.92. The summed E-state index contributed by atoms with van der Waals surface area (Å²) in [4.78, 5) is 29.2. The molecule has 1 N–H and O–H groups in total. The van der Waals surface area contributed by atoms with E-state index in [-0.39, 0.29) is 17.1 Å². The first kappa shape index (κ1) is 17.5. The molecule has 26 heavy (non-hydrogen) atoms. The average Bonchev–Trinajstić information content (AvgIpc) is 2.80. The number of fused-ring (bicyclic) bond motifs is 2. The van der Waals surface area contributed by atoms with Crippen LogP contribution in [0.3, 0.4) is 0 Å². The van der Waals surface area contributed by atoms with E-state index in [0.717, 1.165) is 27.6 Å². The van der Waals surface area contributed by atoms with Crippen molar-refractivity contribution in [3.63, 3.8) is 0 Å². The number of nitrogens with zero attached hydrogens (tertiary/aromatic N) is 1. The highest BCUT2D eigenvalue weighted by Crippen LogP contribution is 2.39. The number of anilines is 2. The van der Waals surface area contributed by atoms with Gasteiger partial charge in [0.25, 0.3) is 5.91 Å². The van der Waals surface area contributed by atoms with E-state index in [1.807, 2.05) is 53.9 Å². The first-order valence-electron chi connectivity index (χ1n) is 8.72. The molecule has 2 heterocycles. The Morgan fingerprint density at radius 1 is 1.12 bits per heavy atom. The maximum atomic E-state index is 13.3. The van der Waals surface area contributed by atoms with Gasteiger partial charge in [0.1, 0.15) is 0 Å². The van der Waals surface area contributed by atoms with Crippen LogP contribution >= 0.6 is 23.5 Å². The van der Waals surface area contributed by atoms with Gasteiger partial charge >= 0.3 is 0 Å². The monoisotopic (exact) mass is 384 g/mol. The molecule has 2 aromatic carbocycles. The van der Waals surface area contributed by atoms with Crippen LogP contribution in [0, 0.1) is 0 Å². The number of carbonyl (C=O) groups excluding carboxylic acids is 2. The van der Waals surface area contributed by atoms with Crippen LogP contribution in [0.5, 0.6) is 0 Å². The van der Waals surface area contributed by atoms with Gasteiger partial charge in [-0.1, -0.05) is 19.1 Å². The average molecular weight is 385 g/mol. The number of amides is 2. The highest BCUT2D eigenvalue weighted by atomic mass is 32.2. The predicted molar refractivity (Wildman–Crippen MR) is 108 cm³/mol. The highest BCUT2D eigenvalue weighted by molar-refractivity contribution is 8.01. The van der Waals surface area contributed by atoms with Crippen LogP contribution < -0.4 is 10.2 Å². The number of hydrogen-bond donors (Lipinski definition) is 1. The zero-order valence-electron chi connectivity index (χ0n) is 14.7. The molecule has 2 aliphatic heterocycles. The molecule has 2 unspecified atom stereocenters. The highest BCUT2D eigenvalue weighted by Gasteiger charge is 2.27. The van der Waals surface area contributed by atoms with Crippen LogP contribution in [0.1, 0.15) is 30.6 Å². The summed E-state index contributed by atoms with van der Waals surface area (Å²) in [6.07, 6.45) is 0.945. The lowest BCUT2D eigenvalue weighted by atomic mass is 10.1. The van der Waals surface area contributed by atoms with Crippen molar-refractivity contribution < 1.29 is 9.59 Å². The predicted octanol–water partition coefficient (Wildman–Crippen LogP) is 4.65. The zero-order chi connectivity index (χ0) is 18.3. The molecule has 0 saturated heterocycles. The molecule has 4 nitrogen and oxygen atoms in total. The fraction of sp³-hybridized carbons (Fsp3) is 0.300. The number of nitrogens with one attached hydrogen (secondary N) is 1. The topological polar surface area (TPSA) is 49.4 Å². The van der Waals surface area contributed by atoms with Gasteiger partial charge in [-0.05, 0) is 43.7 Å². The van der Waals surface area contributed by atoms with Gasteiger partial charge in [0.15, 0.2) is 0 Å². The summed E-state index contributed by atoms with van der Waals surface area (Å²) in [6, 6.07) is 13.7.